The van der Waals surface area contributed by atoms with Crippen LogP contribution in [0.25, 0.3) is 0 Å². The number of unbranched alkanes of at least 4 members (excludes halogenated alkanes) is 5. The zero-order valence-electron chi connectivity index (χ0n) is 16.4. The molecule has 0 fully saturated rings. The molecule has 1 aromatic rings. The van der Waals surface area contributed by atoms with Gasteiger partial charge in [0, 0.05) is 25.4 Å². The molecule has 142 valence electrons. The number of hydrogen-bond donors (Lipinski definition) is 1. The summed E-state index contributed by atoms with van der Waals surface area (Å²) in [4.78, 5) is 0. The van der Waals surface area contributed by atoms with Crippen LogP contribution in [0.3, 0.4) is 0 Å². The molecule has 0 saturated carbocycles. The molecule has 0 heterocycles. The van der Waals surface area contributed by atoms with Crippen molar-refractivity contribution in [1.82, 2.24) is 0 Å². The van der Waals surface area contributed by atoms with E-state index < -0.39 is 10.0 Å². The van der Waals surface area contributed by atoms with E-state index in [4.69, 9.17) is 9.84 Å². The lowest BCUT2D eigenvalue weighted by Gasteiger charge is -2.14. The Hall–Kier alpha value is -0.950. The molecular weight excluding hydrogens is 328 g/mol. The van der Waals surface area contributed by atoms with Crippen molar-refractivity contribution in [3.05, 3.63) is 35.4 Å². The lowest BCUT2D eigenvalue weighted by atomic mass is 10.0. The Labute approximate surface area is 156 Å². The highest BCUT2D eigenvalue weighted by Crippen LogP contribution is 2.32. The molecule has 0 saturated heterocycles. The fourth-order valence-electron chi connectivity index (χ4n) is 2.48. The minimum absolute atomic E-state index is 0.230. The fourth-order valence-corrected chi connectivity index (χ4v) is 2.90. The molecule has 0 bridgehead atoms. The van der Waals surface area contributed by atoms with Crippen LogP contribution >= 0.6 is 10.0 Å². The summed E-state index contributed by atoms with van der Waals surface area (Å²) in [5.41, 5.74) is 2.55. The topological polar surface area (TPSA) is 29.5 Å². The number of aryl methyl sites for hydroxylation is 1. The zero-order valence-corrected chi connectivity index (χ0v) is 17.2. The molecule has 0 aliphatic rings. The van der Waals surface area contributed by atoms with Gasteiger partial charge in [0.2, 0.25) is 0 Å². The van der Waals surface area contributed by atoms with Crippen LogP contribution in [0.4, 0.5) is 0 Å². The molecule has 0 spiro atoms. The van der Waals surface area contributed by atoms with Gasteiger partial charge in [-0.05, 0) is 67.4 Å². The highest BCUT2D eigenvalue weighted by atomic mass is 32.3. The molecule has 1 aromatic carbocycles. The molecule has 2 nitrogen and oxygen atoms in total. The molecule has 0 aliphatic heterocycles. The second-order valence-corrected chi connectivity index (χ2v) is 11.2. The lowest BCUT2D eigenvalue weighted by Crippen LogP contribution is -1.98. The summed E-state index contributed by atoms with van der Waals surface area (Å²) in [6.45, 7) is 1.76. The molecule has 3 heteroatoms. The average molecular weight is 365 g/mol. The first-order valence-corrected chi connectivity index (χ1v) is 12.4. The van der Waals surface area contributed by atoms with Gasteiger partial charge >= 0.3 is 0 Å². The van der Waals surface area contributed by atoms with Gasteiger partial charge in [0.25, 0.3) is 0 Å². The van der Waals surface area contributed by atoms with Gasteiger partial charge in [0.1, 0.15) is 0 Å². The summed E-state index contributed by atoms with van der Waals surface area (Å²) >= 11 is 0. The molecule has 25 heavy (non-hydrogen) atoms. The van der Waals surface area contributed by atoms with E-state index in [9.17, 15) is 0 Å². The second kappa shape index (κ2) is 13.3. The molecular formula is C22H36O2S. The Balaban J connectivity index is 2.06. The first-order chi connectivity index (χ1) is 12.0. The minimum atomic E-state index is -0.745. The van der Waals surface area contributed by atoms with Crippen molar-refractivity contribution in [3.8, 4) is 11.2 Å². The minimum Gasteiger partial charge on any atom is -0.396 e. The second-order valence-electron chi connectivity index (χ2n) is 7.32. The molecule has 0 atom stereocenters. The summed E-state index contributed by atoms with van der Waals surface area (Å²) in [7, 11) is -0.745. The van der Waals surface area contributed by atoms with Crippen molar-refractivity contribution in [2.75, 3.05) is 38.6 Å². The van der Waals surface area contributed by atoms with E-state index >= 15 is 0 Å². The highest BCUT2D eigenvalue weighted by molar-refractivity contribution is 8.35. The molecule has 1 N–H and O–H groups in total. The van der Waals surface area contributed by atoms with E-state index in [1.165, 1.54) is 44.1 Å². The van der Waals surface area contributed by atoms with Crippen LogP contribution in [0.1, 0.15) is 56.1 Å². The molecule has 0 amide bonds. The Kier molecular flexibility index (Phi) is 11.7. The maximum atomic E-state index is 8.65. The van der Waals surface area contributed by atoms with E-state index in [2.05, 4.69) is 54.2 Å². The smallest absolute Gasteiger partial charge is 0.0487 e. The van der Waals surface area contributed by atoms with Crippen molar-refractivity contribution in [1.29, 1.82) is 0 Å². The van der Waals surface area contributed by atoms with E-state index in [-0.39, 0.29) is 6.61 Å². The standard InChI is InChI=1S/C22H36O2S/c1-25(2,3)20-16-22-14-12-21(13-15-22)11-8-6-4-5-7-9-18-24-19-10-17-23/h12-15,23H,4-11,17-19H2,1-3H3. The Morgan fingerprint density at radius 2 is 1.44 bits per heavy atom. The Bertz CT molecular complexity index is 506. The Morgan fingerprint density at radius 3 is 2.08 bits per heavy atom. The van der Waals surface area contributed by atoms with Gasteiger partial charge < -0.3 is 9.84 Å². The molecule has 0 aliphatic carbocycles. The Morgan fingerprint density at radius 1 is 0.840 bits per heavy atom. The third-order valence-electron chi connectivity index (χ3n) is 3.91. The first-order valence-electron chi connectivity index (χ1n) is 9.50. The third-order valence-corrected chi connectivity index (χ3v) is 4.62. The molecule has 1 rings (SSSR count). The number of aliphatic hydroxyl groups excluding tert-OH is 1. The normalized spacial score (nSPS) is 11.8. The largest absolute Gasteiger partial charge is 0.396 e. The summed E-state index contributed by atoms with van der Waals surface area (Å²) in [6.07, 6.45) is 16.2. The SMILES string of the molecule is CS(C)(C)C#Cc1ccc(CCCCCCCCOCCCO)cc1. The van der Waals surface area contributed by atoms with Crippen LogP contribution < -0.4 is 0 Å². The number of rotatable bonds is 12. The lowest BCUT2D eigenvalue weighted by molar-refractivity contribution is 0.112. The summed E-state index contributed by atoms with van der Waals surface area (Å²) in [5, 5.41) is 12.0. The summed E-state index contributed by atoms with van der Waals surface area (Å²) < 4.78 is 5.44. The molecule has 0 radical (unpaired) electrons. The maximum absolute atomic E-state index is 8.65. The number of benzene rings is 1. The van der Waals surface area contributed by atoms with Gasteiger partial charge in [-0.1, -0.05) is 43.7 Å². The van der Waals surface area contributed by atoms with Crippen molar-refractivity contribution < 1.29 is 9.84 Å². The van der Waals surface area contributed by atoms with Gasteiger partial charge in [-0.2, -0.15) is 10.0 Å². The molecule has 0 aromatic heterocycles. The molecule has 0 unspecified atom stereocenters. The summed E-state index contributed by atoms with van der Waals surface area (Å²) in [6, 6.07) is 8.77. The van der Waals surface area contributed by atoms with Gasteiger partial charge in [-0.3, -0.25) is 0 Å². The fraction of sp³-hybridized carbons (Fsp3) is 0.636. The average Bonchev–Trinajstić information content (AvgIpc) is 2.58. The van der Waals surface area contributed by atoms with Crippen LogP contribution in [-0.2, 0) is 11.2 Å². The van der Waals surface area contributed by atoms with Crippen LogP contribution in [0.5, 0.6) is 0 Å². The van der Waals surface area contributed by atoms with Crippen molar-refractivity contribution in [3.63, 3.8) is 0 Å². The highest BCUT2D eigenvalue weighted by Gasteiger charge is 1.98. The van der Waals surface area contributed by atoms with Crippen molar-refractivity contribution in [2.24, 2.45) is 0 Å². The predicted octanol–water partition coefficient (Wildman–Crippen LogP) is 4.97. The van der Waals surface area contributed by atoms with Gasteiger partial charge in [0.05, 0.1) is 0 Å². The van der Waals surface area contributed by atoms with Crippen LogP contribution in [0, 0.1) is 11.2 Å². The monoisotopic (exact) mass is 364 g/mol. The van der Waals surface area contributed by atoms with Crippen LogP contribution in [-0.4, -0.2) is 43.7 Å². The van der Waals surface area contributed by atoms with Gasteiger partial charge in [0.15, 0.2) is 0 Å². The van der Waals surface area contributed by atoms with Crippen LogP contribution in [0.15, 0.2) is 24.3 Å². The number of ether oxygens (including phenoxy) is 1. The summed E-state index contributed by atoms with van der Waals surface area (Å²) in [5.74, 6) is 3.29. The van der Waals surface area contributed by atoms with E-state index in [1.54, 1.807) is 0 Å². The van der Waals surface area contributed by atoms with Gasteiger partial charge in [-0.15, -0.1) is 0 Å². The van der Waals surface area contributed by atoms with Crippen molar-refractivity contribution >= 4 is 10.0 Å². The number of hydrogen-bond acceptors (Lipinski definition) is 2. The van der Waals surface area contributed by atoms with Crippen LogP contribution in [0.2, 0.25) is 0 Å². The first kappa shape index (κ1) is 22.1. The van der Waals surface area contributed by atoms with E-state index in [0.29, 0.717) is 6.61 Å². The zero-order chi connectivity index (χ0) is 18.4. The quantitative estimate of drug-likeness (QED) is 0.419. The van der Waals surface area contributed by atoms with E-state index in [0.717, 1.165) is 25.0 Å². The van der Waals surface area contributed by atoms with Gasteiger partial charge in [-0.25, -0.2) is 0 Å². The maximum Gasteiger partial charge on any atom is 0.0487 e. The van der Waals surface area contributed by atoms with E-state index in [1.807, 2.05) is 0 Å². The predicted molar refractivity (Wildman–Crippen MR) is 113 cm³/mol. The third kappa shape index (κ3) is 13.0. The van der Waals surface area contributed by atoms with Crippen molar-refractivity contribution in [2.45, 2.75) is 51.4 Å². The number of aliphatic hydroxyl groups is 1.